The maximum absolute atomic E-state index is 13.2. The topological polar surface area (TPSA) is 181 Å². The molecular weight excluding hydrogens is 499 g/mol. The normalized spacial score (nSPS) is 20.4. The lowest BCUT2D eigenvalue weighted by molar-refractivity contribution is -0.138. The van der Waals surface area contributed by atoms with Crippen LogP contribution in [-0.4, -0.2) is 67.8 Å². The molecule has 4 N–H and O–H groups in total. The summed E-state index contributed by atoms with van der Waals surface area (Å²) in [5.74, 6) is -0.586. The first-order chi connectivity index (χ1) is 16.5. The number of nitrogen functional groups attached to an aromatic ring is 1. The van der Waals surface area contributed by atoms with E-state index in [2.05, 4.69) is 20.0 Å². The number of rotatable bonds is 13. The average Bonchev–Trinajstić information content (AvgIpc) is 3.18. The summed E-state index contributed by atoms with van der Waals surface area (Å²) in [5, 5.41) is 11.6. The number of carbonyl (C=O) groups is 2. The molecule has 0 saturated heterocycles. The lowest BCUT2D eigenvalue weighted by Gasteiger charge is -2.36. The predicted molar refractivity (Wildman–Crippen MR) is 130 cm³/mol. The molecule has 35 heavy (non-hydrogen) atoms. The summed E-state index contributed by atoms with van der Waals surface area (Å²) in [6, 6.07) is -1.06. The Kier molecular flexibility index (Phi) is 9.11. The van der Waals surface area contributed by atoms with Crippen LogP contribution in [0.5, 0.6) is 5.88 Å². The van der Waals surface area contributed by atoms with E-state index in [0.29, 0.717) is 29.9 Å². The Hall–Kier alpha value is -2.25. The van der Waals surface area contributed by atoms with Crippen LogP contribution in [0.3, 0.4) is 0 Å². The molecule has 1 aliphatic rings. The smallest absolute Gasteiger partial charge is 0.406 e. The Labute approximate surface area is 207 Å². The van der Waals surface area contributed by atoms with Gasteiger partial charge in [-0.05, 0) is 25.7 Å². The van der Waals surface area contributed by atoms with E-state index in [1.807, 2.05) is 4.57 Å². The number of carboxylic acids is 1. The van der Waals surface area contributed by atoms with Gasteiger partial charge in [-0.3, -0.25) is 18.6 Å². The van der Waals surface area contributed by atoms with Gasteiger partial charge in [0.15, 0.2) is 16.3 Å². The van der Waals surface area contributed by atoms with E-state index in [-0.39, 0.29) is 47.9 Å². The van der Waals surface area contributed by atoms with Crippen LogP contribution < -0.4 is 15.6 Å². The zero-order chi connectivity index (χ0) is 25.8. The fourth-order valence-corrected chi connectivity index (χ4v) is 5.83. The highest BCUT2D eigenvalue weighted by Gasteiger charge is 2.36. The molecule has 2 unspecified atom stereocenters. The van der Waals surface area contributed by atoms with Crippen LogP contribution in [-0.2, 0) is 23.2 Å². The monoisotopic (exact) mass is 530 g/mol. The van der Waals surface area contributed by atoms with Crippen LogP contribution in [0.4, 0.5) is 5.95 Å². The van der Waals surface area contributed by atoms with Crippen molar-refractivity contribution in [2.45, 2.75) is 45.7 Å². The number of carboxylic acid groups (broad SMARTS) is 1. The molecule has 1 aliphatic carbocycles. The molecule has 0 aromatic carbocycles. The van der Waals surface area contributed by atoms with Crippen molar-refractivity contribution < 1.29 is 33.0 Å². The van der Waals surface area contributed by atoms with E-state index >= 15 is 0 Å². The fraction of sp³-hybridized carbons (Fsp3) is 0.650. The molecule has 2 aromatic heterocycles. The highest BCUT2D eigenvalue weighted by molar-refractivity contribution is 8.13. The Morgan fingerprint density at radius 3 is 2.66 bits per heavy atom. The van der Waals surface area contributed by atoms with E-state index in [4.69, 9.17) is 19.5 Å². The van der Waals surface area contributed by atoms with Crippen molar-refractivity contribution in [1.29, 1.82) is 0 Å². The molecule has 2 aromatic rings. The van der Waals surface area contributed by atoms with Crippen LogP contribution in [0.1, 0.15) is 39.7 Å². The Balaban J connectivity index is 1.57. The summed E-state index contributed by atoms with van der Waals surface area (Å²) in [7, 11) is -2.43. The molecule has 194 valence electrons. The second kappa shape index (κ2) is 11.7. The van der Waals surface area contributed by atoms with Gasteiger partial charge in [0.05, 0.1) is 26.7 Å². The van der Waals surface area contributed by atoms with Crippen molar-refractivity contribution in [2.24, 2.45) is 11.8 Å². The summed E-state index contributed by atoms with van der Waals surface area (Å²) in [4.78, 5) is 35.6. The number of methoxy groups -OCH3 is 1. The van der Waals surface area contributed by atoms with Gasteiger partial charge in [-0.2, -0.15) is 9.97 Å². The van der Waals surface area contributed by atoms with Crippen molar-refractivity contribution in [3.63, 3.8) is 0 Å². The molecule has 0 spiro atoms. The SMILES string of the molecule is COc1nc(N)nc2c1ncn2[C@H]1C[C@@H](COP(=O)(NC(C)C(=O)O)OCCSC(=O)C(C)C)C1. The van der Waals surface area contributed by atoms with Crippen molar-refractivity contribution in [2.75, 3.05) is 31.8 Å². The minimum Gasteiger partial charge on any atom is -0.480 e. The number of thioether (sulfide) groups is 1. The van der Waals surface area contributed by atoms with Gasteiger partial charge in [-0.1, -0.05) is 25.6 Å². The molecule has 3 rings (SSSR count). The highest BCUT2D eigenvalue weighted by atomic mass is 32.2. The third-order valence-corrected chi connectivity index (χ3v) is 8.31. The van der Waals surface area contributed by atoms with Crippen LogP contribution in [0.2, 0.25) is 0 Å². The quantitative estimate of drug-likeness (QED) is 0.254. The summed E-state index contributed by atoms with van der Waals surface area (Å²) in [6.45, 7) is 5.01. The number of nitrogens with zero attached hydrogens (tertiary/aromatic N) is 4. The number of fused-ring (bicyclic) bond motifs is 1. The van der Waals surface area contributed by atoms with Crippen LogP contribution in [0, 0.1) is 11.8 Å². The number of ether oxygens (including phenoxy) is 1. The fourth-order valence-electron chi connectivity index (χ4n) is 3.45. The largest absolute Gasteiger partial charge is 0.480 e. The van der Waals surface area contributed by atoms with Gasteiger partial charge in [-0.25, -0.2) is 14.6 Å². The van der Waals surface area contributed by atoms with E-state index in [1.54, 1.807) is 20.2 Å². The van der Waals surface area contributed by atoms with Gasteiger partial charge in [0.2, 0.25) is 11.8 Å². The Bertz CT molecular complexity index is 1110. The second-order valence-corrected chi connectivity index (χ2v) is 11.4. The third kappa shape index (κ3) is 6.91. The maximum Gasteiger partial charge on any atom is 0.406 e. The van der Waals surface area contributed by atoms with E-state index < -0.39 is 19.8 Å². The summed E-state index contributed by atoms with van der Waals surface area (Å²) in [6.07, 6.45) is 3.05. The lowest BCUT2D eigenvalue weighted by atomic mass is 9.81. The number of imidazole rings is 1. The van der Waals surface area contributed by atoms with Crippen molar-refractivity contribution >= 4 is 47.7 Å². The van der Waals surface area contributed by atoms with E-state index in [1.165, 1.54) is 14.0 Å². The first-order valence-electron chi connectivity index (χ1n) is 11.1. The van der Waals surface area contributed by atoms with Gasteiger partial charge in [-0.15, -0.1) is 0 Å². The van der Waals surface area contributed by atoms with E-state index in [0.717, 1.165) is 11.8 Å². The number of hydrogen-bond donors (Lipinski definition) is 3. The first-order valence-corrected chi connectivity index (χ1v) is 13.7. The zero-order valence-corrected chi connectivity index (χ0v) is 21.8. The number of anilines is 1. The molecule has 0 amide bonds. The molecule has 0 bridgehead atoms. The molecule has 2 heterocycles. The molecule has 1 fully saturated rings. The van der Waals surface area contributed by atoms with Gasteiger partial charge in [0.1, 0.15) is 6.04 Å². The third-order valence-electron chi connectivity index (χ3n) is 5.47. The molecular formula is C20H31N6O7PS. The predicted octanol–water partition coefficient (Wildman–Crippen LogP) is 2.49. The minimum absolute atomic E-state index is 0.00611. The minimum atomic E-state index is -3.91. The molecule has 2 atom stereocenters. The van der Waals surface area contributed by atoms with Crippen LogP contribution >= 0.6 is 19.5 Å². The first kappa shape index (κ1) is 27.3. The van der Waals surface area contributed by atoms with Crippen molar-refractivity contribution in [3.8, 4) is 5.88 Å². The molecule has 0 radical (unpaired) electrons. The number of nitrogens with one attached hydrogen (secondary N) is 1. The molecule has 1 saturated carbocycles. The van der Waals surface area contributed by atoms with Gasteiger partial charge < -0.3 is 20.1 Å². The van der Waals surface area contributed by atoms with Gasteiger partial charge in [0.25, 0.3) is 0 Å². The van der Waals surface area contributed by atoms with Crippen LogP contribution in [0.15, 0.2) is 6.33 Å². The maximum atomic E-state index is 13.2. The van der Waals surface area contributed by atoms with Crippen LogP contribution in [0.25, 0.3) is 11.2 Å². The van der Waals surface area contributed by atoms with Gasteiger partial charge in [0, 0.05) is 17.7 Å². The number of aromatic nitrogens is 4. The number of nitrogens with two attached hydrogens (primary N) is 1. The Morgan fingerprint density at radius 2 is 2.03 bits per heavy atom. The van der Waals surface area contributed by atoms with Gasteiger partial charge >= 0.3 is 13.7 Å². The summed E-state index contributed by atoms with van der Waals surface area (Å²) >= 11 is 1.07. The second-order valence-electron chi connectivity index (χ2n) is 8.54. The molecule has 0 aliphatic heterocycles. The van der Waals surface area contributed by atoms with Crippen molar-refractivity contribution in [3.05, 3.63) is 6.33 Å². The van der Waals surface area contributed by atoms with E-state index in [9.17, 15) is 19.3 Å². The standard InChI is InChI=1S/C20H31N6O7PS/c1-11(2)19(29)35-6-5-32-34(30,25-12(3)18(27)28)33-9-13-7-14(8-13)26-10-22-15-16(26)23-20(21)24-17(15)31-4/h10-14H,5-9H2,1-4H3,(H,25,30)(H,27,28)(H2,21,23,24)/t12?,13-,14+,34?. The summed E-state index contributed by atoms with van der Waals surface area (Å²) in [5.41, 5.74) is 6.86. The number of carbonyl (C=O) groups excluding carboxylic acids is 1. The lowest BCUT2D eigenvalue weighted by Crippen LogP contribution is -2.34. The number of aliphatic carboxylic acids is 1. The summed E-state index contributed by atoms with van der Waals surface area (Å²) < 4.78 is 31.3. The average molecular weight is 531 g/mol. The highest BCUT2D eigenvalue weighted by Crippen LogP contribution is 2.48. The van der Waals surface area contributed by atoms with Crippen molar-refractivity contribution in [1.82, 2.24) is 24.6 Å². The molecule has 13 nitrogen and oxygen atoms in total. The number of hydrogen-bond acceptors (Lipinski definition) is 11. The molecule has 15 heteroatoms. The zero-order valence-electron chi connectivity index (χ0n) is 20.0. The Morgan fingerprint density at radius 1 is 1.31 bits per heavy atom.